The van der Waals surface area contributed by atoms with Gasteiger partial charge in [0.25, 0.3) is 0 Å². The molecule has 0 radical (unpaired) electrons. The summed E-state index contributed by atoms with van der Waals surface area (Å²) in [7, 11) is 1.73. The van der Waals surface area contributed by atoms with Gasteiger partial charge in [0.2, 0.25) is 0 Å². The van der Waals surface area contributed by atoms with E-state index in [2.05, 4.69) is 34.9 Å². The summed E-state index contributed by atoms with van der Waals surface area (Å²) in [4.78, 5) is 4.71. The van der Waals surface area contributed by atoms with Crippen molar-refractivity contribution in [3.63, 3.8) is 0 Å². The first kappa shape index (κ1) is 21.8. The second kappa shape index (κ2) is 12.0. The summed E-state index contributed by atoms with van der Waals surface area (Å²) in [5, 5.41) is 7.07. The standard InChI is InChI=1S/C21H29N3O2.HI/c1-25-14-5-12-22-21(23-13-11-20-8-4-15-26-20)24-19-10-9-17-6-2-3-7-18(17)16-19;/h2-4,6-8,15,19H,5,9-14,16H2,1H3,(H2,22,23,24);1H. The molecule has 1 atom stereocenters. The zero-order valence-corrected chi connectivity index (χ0v) is 18.3. The topological polar surface area (TPSA) is 58.8 Å². The molecule has 0 bridgehead atoms. The third-order valence-electron chi connectivity index (χ3n) is 4.71. The lowest BCUT2D eigenvalue weighted by Crippen LogP contribution is -2.46. The van der Waals surface area contributed by atoms with E-state index in [1.807, 2.05) is 12.1 Å². The molecule has 0 amide bonds. The van der Waals surface area contributed by atoms with Gasteiger partial charge >= 0.3 is 0 Å². The minimum atomic E-state index is 0. The van der Waals surface area contributed by atoms with E-state index in [-0.39, 0.29) is 24.0 Å². The minimum Gasteiger partial charge on any atom is -0.469 e. The summed E-state index contributed by atoms with van der Waals surface area (Å²) < 4.78 is 10.5. The number of hydrogen-bond donors (Lipinski definition) is 2. The van der Waals surface area contributed by atoms with Gasteiger partial charge in [-0.15, -0.1) is 24.0 Å². The number of ether oxygens (including phenoxy) is 1. The summed E-state index contributed by atoms with van der Waals surface area (Å²) >= 11 is 0. The van der Waals surface area contributed by atoms with Gasteiger partial charge in [0, 0.05) is 39.3 Å². The van der Waals surface area contributed by atoms with Crippen LogP contribution in [0.2, 0.25) is 0 Å². The molecule has 1 aromatic heterocycles. The molecule has 148 valence electrons. The monoisotopic (exact) mass is 483 g/mol. The lowest BCUT2D eigenvalue weighted by molar-refractivity contribution is 0.197. The smallest absolute Gasteiger partial charge is 0.191 e. The average molecular weight is 483 g/mol. The number of fused-ring (bicyclic) bond motifs is 1. The number of furan rings is 1. The first-order valence-electron chi connectivity index (χ1n) is 9.48. The number of aryl methyl sites for hydroxylation is 1. The summed E-state index contributed by atoms with van der Waals surface area (Å²) in [6, 6.07) is 13.1. The average Bonchev–Trinajstić information content (AvgIpc) is 3.18. The van der Waals surface area contributed by atoms with E-state index >= 15 is 0 Å². The van der Waals surface area contributed by atoms with Crippen molar-refractivity contribution < 1.29 is 9.15 Å². The van der Waals surface area contributed by atoms with Crippen LogP contribution in [-0.2, 0) is 24.0 Å². The molecule has 1 aliphatic rings. The normalized spacial score (nSPS) is 16.3. The number of halogens is 1. The van der Waals surface area contributed by atoms with Gasteiger partial charge in [0.05, 0.1) is 6.26 Å². The van der Waals surface area contributed by atoms with Crippen molar-refractivity contribution in [2.75, 3.05) is 26.8 Å². The number of guanidine groups is 1. The Hall–Kier alpha value is -1.54. The molecule has 0 spiro atoms. The van der Waals surface area contributed by atoms with E-state index in [0.717, 1.165) is 63.5 Å². The fourth-order valence-electron chi connectivity index (χ4n) is 3.33. The van der Waals surface area contributed by atoms with E-state index in [1.165, 1.54) is 11.1 Å². The molecule has 0 fully saturated rings. The van der Waals surface area contributed by atoms with E-state index in [9.17, 15) is 0 Å². The van der Waals surface area contributed by atoms with Gasteiger partial charge in [-0.2, -0.15) is 0 Å². The van der Waals surface area contributed by atoms with Gasteiger partial charge in [-0.05, 0) is 48.9 Å². The zero-order valence-electron chi connectivity index (χ0n) is 15.9. The zero-order chi connectivity index (χ0) is 18.0. The third-order valence-corrected chi connectivity index (χ3v) is 4.71. The molecule has 1 aliphatic carbocycles. The molecule has 3 rings (SSSR count). The fraction of sp³-hybridized carbons (Fsp3) is 0.476. The van der Waals surface area contributed by atoms with Crippen molar-refractivity contribution in [2.24, 2.45) is 4.99 Å². The van der Waals surface area contributed by atoms with Gasteiger partial charge in [0.1, 0.15) is 5.76 Å². The molecule has 6 heteroatoms. The van der Waals surface area contributed by atoms with Crippen LogP contribution in [0, 0.1) is 0 Å². The second-order valence-corrected chi connectivity index (χ2v) is 6.69. The van der Waals surface area contributed by atoms with Crippen LogP contribution in [0.15, 0.2) is 52.1 Å². The predicted molar refractivity (Wildman–Crippen MR) is 120 cm³/mol. The Morgan fingerprint density at radius 1 is 1.22 bits per heavy atom. The molecular weight excluding hydrogens is 453 g/mol. The van der Waals surface area contributed by atoms with Crippen molar-refractivity contribution >= 4 is 29.9 Å². The molecule has 1 heterocycles. The van der Waals surface area contributed by atoms with Crippen LogP contribution in [0.25, 0.3) is 0 Å². The quantitative estimate of drug-likeness (QED) is 0.261. The maximum atomic E-state index is 5.40. The van der Waals surface area contributed by atoms with E-state index < -0.39 is 0 Å². The third kappa shape index (κ3) is 7.18. The SMILES string of the molecule is COCCCN=C(NCCc1ccco1)NC1CCc2ccccc2C1.I. The number of nitrogens with one attached hydrogen (secondary N) is 2. The van der Waals surface area contributed by atoms with Gasteiger partial charge in [0.15, 0.2) is 5.96 Å². The van der Waals surface area contributed by atoms with Gasteiger partial charge < -0.3 is 19.8 Å². The highest BCUT2D eigenvalue weighted by Crippen LogP contribution is 2.20. The highest BCUT2D eigenvalue weighted by molar-refractivity contribution is 14.0. The highest BCUT2D eigenvalue weighted by Gasteiger charge is 2.19. The number of hydrogen-bond acceptors (Lipinski definition) is 3. The Kier molecular flexibility index (Phi) is 9.69. The molecule has 5 nitrogen and oxygen atoms in total. The van der Waals surface area contributed by atoms with Crippen molar-refractivity contribution in [1.29, 1.82) is 0 Å². The molecule has 27 heavy (non-hydrogen) atoms. The first-order valence-corrected chi connectivity index (χ1v) is 9.48. The Bertz CT molecular complexity index is 688. The summed E-state index contributed by atoms with van der Waals surface area (Å²) in [5.74, 6) is 1.87. The molecule has 0 saturated carbocycles. The largest absolute Gasteiger partial charge is 0.469 e. The number of methoxy groups -OCH3 is 1. The molecular formula is C21H30IN3O2. The van der Waals surface area contributed by atoms with Gasteiger partial charge in [-0.25, -0.2) is 0 Å². The number of rotatable bonds is 8. The van der Waals surface area contributed by atoms with Crippen molar-refractivity contribution in [3.8, 4) is 0 Å². The van der Waals surface area contributed by atoms with Crippen molar-refractivity contribution in [3.05, 3.63) is 59.5 Å². The number of nitrogens with zero attached hydrogens (tertiary/aromatic N) is 1. The van der Waals surface area contributed by atoms with Crippen molar-refractivity contribution in [1.82, 2.24) is 10.6 Å². The summed E-state index contributed by atoms with van der Waals surface area (Å²) in [5.41, 5.74) is 2.93. The highest BCUT2D eigenvalue weighted by atomic mass is 127. The van der Waals surface area contributed by atoms with Crippen LogP contribution >= 0.6 is 24.0 Å². The molecule has 0 aliphatic heterocycles. The van der Waals surface area contributed by atoms with E-state index in [0.29, 0.717) is 6.04 Å². The Morgan fingerprint density at radius 2 is 2.07 bits per heavy atom. The second-order valence-electron chi connectivity index (χ2n) is 6.69. The van der Waals surface area contributed by atoms with Crippen LogP contribution in [0.5, 0.6) is 0 Å². The van der Waals surface area contributed by atoms with Crippen molar-refractivity contribution in [2.45, 2.75) is 38.1 Å². The molecule has 1 aromatic carbocycles. The van der Waals surface area contributed by atoms with Crippen LogP contribution in [0.4, 0.5) is 0 Å². The van der Waals surface area contributed by atoms with Gasteiger partial charge in [-0.1, -0.05) is 24.3 Å². The maximum Gasteiger partial charge on any atom is 0.191 e. The lowest BCUT2D eigenvalue weighted by Gasteiger charge is -2.27. The molecule has 2 N–H and O–H groups in total. The van der Waals surface area contributed by atoms with Gasteiger partial charge in [-0.3, -0.25) is 4.99 Å². The maximum absolute atomic E-state index is 5.40. The molecule has 2 aromatic rings. The Balaban J connectivity index is 0.00000261. The molecule has 1 unspecified atom stereocenters. The fourth-order valence-corrected chi connectivity index (χ4v) is 3.33. The van der Waals surface area contributed by atoms with E-state index in [1.54, 1.807) is 13.4 Å². The first-order chi connectivity index (χ1) is 12.8. The predicted octanol–water partition coefficient (Wildman–Crippen LogP) is 3.57. The molecule has 0 saturated heterocycles. The summed E-state index contributed by atoms with van der Waals surface area (Å²) in [6.45, 7) is 2.29. The Labute approximate surface area is 179 Å². The Morgan fingerprint density at radius 3 is 2.85 bits per heavy atom. The van der Waals surface area contributed by atoms with E-state index in [4.69, 9.17) is 14.1 Å². The van der Waals surface area contributed by atoms with Crippen LogP contribution in [-0.4, -0.2) is 38.8 Å². The van der Waals surface area contributed by atoms with Crippen LogP contribution < -0.4 is 10.6 Å². The number of aliphatic imine (C=N–C) groups is 1. The minimum absolute atomic E-state index is 0. The van der Waals surface area contributed by atoms with Crippen LogP contribution in [0.3, 0.4) is 0 Å². The number of benzene rings is 1. The summed E-state index contributed by atoms with van der Waals surface area (Å²) in [6.07, 6.45) is 6.79. The lowest BCUT2D eigenvalue weighted by atomic mass is 9.88. The van der Waals surface area contributed by atoms with Crippen LogP contribution in [0.1, 0.15) is 29.7 Å².